The second-order valence-corrected chi connectivity index (χ2v) is 4.84. The van der Waals surface area contributed by atoms with Gasteiger partial charge in [-0.3, -0.25) is 9.59 Å². The molecule has 2 amide bonds. The molecule has 18 heavy (non-hydrogen) atoms. The minimum Gasteiger partial charge on any atom is -0.472 e. The summed E-state index contributed by atoms with van der Waals surface area (Å²) in [6, 6.07) is 1.83. The van der Waals surface area contributed by atoms with Crippen LogP contribution in [0.25, 0.3) is 0 Å². The van der Waals surface area contributed by atoms with Crippen molar-refractivity contribution < 1.29 is 14.0 Å². The van der Waals surface area contributed by atoms with Crippen molar-refractivity contribution in [1.29, 1.82) is 0 Å². The molecule has 0 bridgehead atoms. The van der Waals surface area contributed by atoms with E-state index in [1.807, 2.05) is 13.0 Å². The number of amides is 2. The molecule has 0 aliphatic carbocycles. The Morgan fingerprint density at radius 2 is 2.28 bits per heavy atom. The third-order valence-corrected chi connectivity index (χ3v) is 3.44. The van der Waals surface area contributed by atoms with Gasteiger partial charge in [0.25, 0.3) is 0 Å². The van der Waals surface area contributed by atoms with Gasteiger partial charge in [-0.1, -0.05) is 6.92 Å². The molecule has 98 valence electrons. The van der Waals surface area contributed by atoms with Crippen molar-refractivity contribution in [3.8, 4) is 0 Å². The minimum atomic E-state index is -0.794. The molecule has 1 aromatic heterocycles. The summed E-state index contributed by atoms with van der Waals surface area (Å²) < 4.78 is 5.00. The highest BCUT2D eigenvalue weighted by Crippen LogP contribution is 2.19. The Morgan fingerprint density at radius 3 is 2.89 bits per heavy atom. The van der Waals surface area contributed by atoms with Crippen LogP contribution in [0.2, 0.25) is 0 Å². The number of carbonyl (C=O) groups excluding carboxylic acids is 2. The topological polar surface area (TPSA) is 62.6 Å². The van der Waals surface area contributed by atoms with Gasteiger partial charge in [-0.05, 0) is 19.4 Å². The molecule has 1 aromatic rings. The summed E-state index contributed by atoms with van der Waals surface area (Å²) in [4.78, 5) is 25.8. The van der Waals surface area contributed by atoms with Gasteiger partial charge in [-0.25, -0.2) is 0 Å². The molecular formula is C13H18N2O3. The molecule has 5 heteroatoms. The predicted molar refractivity (Wildman–Crippen MR) is 65.6 cm³/mol. The summed E-state index contributed by atoms with van der Waals surface area (Å²) in [5.41, 5.74) is 0.147. The number of carbonyl (C=O) groups is 2. The Balaban J connectivity index is 2.19. The molecule has 1 aliphatic heterocycles. The summed E-state index contributed by atoms with van der Waals surface area (Å²) in [7, 11) is 0. The number of nitrogens with one attached hydrogen (secondary N) is 1. The third kappa shape index (κ3) is 2.39. The van der Waals surface area contributed by atoms with Gasteiger partial charge in [0.05, 0.1) is 12.5 Å². The molecule has 0 saturated carbocycles. The number of hydrogen-bond acceptors (Lipinski definition) is 3. The average Bonchev–Trinajstić information content (AvgIpc) is 2.82. The van der Waals surface area contributed by atoms with E-state index in [1.54, 1.807) is 24.3 Å². The lowest BCUT2D eigenvalue weighted by atomic mass is 9.97. The van der Waals surface area contributed by atoms with E-state index in [2.05, 4.69) is 5.32 Å². The van der Waals surface area contributed by atoms with Gasteiger partial charge in [0, 0.05) is 25.1 Å². The standard InChI is InChI=1S/C13H18N2O3/c1-3-13(2)12(17)15(6-4-11(16)14-13)8-10-5-7-18-9-10/h5,7,9H,3-4,6,8H2,1-2H3,(H,14,16). The van der Waals surface area contributed by atoms with Gasteiger partial charge in [0.15, 0.2) is 0 Å². The molecular weight excluding hydrogens is 232 g/mol. The van der Waals surface area contributed by atoms with E-state index >= 15 is 0 Å². The van der Waals surface area contributed by atoms with Crippen molar-refractivity contribution in [2.75, 3.05) is 6.54 Å². The molecule has 1 atom stereocenters. The SMILES string of the molecule is CCC1(C)NC(=O)CCN(Cc2ccoc2)C1=O. The molecule has 1 N–H and O–H groups in total. The van der Waals surface area contributed by atoms with E-state index in [9.17, 15) is 9.59 Å². The van der Waals surface area contributed by atoms with Gasteiger partial charge in [0.1, 0.15) is 5.54 Å². The molecule has 1 aliphatic rings. The first-order valence-corrected chi connectivity index (χ1v) is 6.16. The number of hydrogen-bond donors (Lipinski definition) is 1. The lowest BCUT2D eigenvalue weighted by Crippen LogP contribution is -2.54. The Hall–Kier alpha value is -1.78. The van der Waals surface area contributed by atoms with Crippen LogP contribution in [0.3, 0.4) is 0 Å². The van der Waals surface area contributed by atoms with Crippen molar-refractivity contribution in [3.05, 3.63) is 24.2 Å². The molecule has 1 fully saturated rings. The fraction of sp³-hybridized carbons (Fsp3) is 0.538. The highest BCUT2D eigenvalue weighted by atomic mass is 16.3. The molecule has 0 aromatic carbocycles. The molecule has 0 radical (unpaired) electrons. The van der Waals surface area contributed by atoms with Crippen LogP contribution >= 0.6 is 0 Å². The van der Waals surface area contributed by atoms with E-state index in [-0.39, 0.29) is 11.8 Å². The third-order valence-electron chi connectivity index (χ3n) is 3.44. The van der Waals surface area contributed by atoms with Crippen LogP contribution in [0.15, 0.2) is 23.0 Å². The summed E-state index contributed by atoms with van der Waals surface area (Å²) >= 11 is 0. The second-order valence-electron chi connectivity index (χ2n) is 4.84. The van der Waals surface area contributed by atoms with Crippen molar-refractivity contribution in [2.24, 2.45) is 0 Å². The van der Waals surface area contributed by atoms with Crippen molar-refractivity contribution in [1.82, 2.24) is 10.2 Å². The Bertz CT molecular complexity index is 441. The first kappa shape index (κ1) is 12.7. The summed E-state index contributed by atoms with van der Waals surface area (Å²) in [5, 5.41) is 2.81. The molecule has 0 spiro atoms. The van der Waals surface area contributed by atoms with E-state index in [0.717, 1.165) is 5.56 Å². The normalized spacial score (nSPS) is 24.9. The Kier molecular flexibility index (Phi) is 3.41. The summed E-state index contributed by atoms with van der Waals surface area (Å²) in [6.07, 6.45) is 4.13. The second kappa shape index (κ2) is 4.84. The molecule has 2 heterocycles. The van der Waals surface area contributed by atoms with Gasteiger partial charge in [0.2, 0.25) is 11.8 Å². The Labute approximate surface area is 106 Å². The van der Waals surface area contributed by atoms with E-state index in [1.165, 1.54) is 0 Å². The maximum absolute atomic E-state index is 12.5. The fourth-order valence-corrected chi connectivity index (χ4v) is 2.10. The van der Waals surface area contributed by atoms with Crippen LogP contribution in [-0.2, 0) is 16.1 Å². The number of furan rings is 1. The van der Waals surface area contributed by atoms with Crippen LogP contribution in [-0.4, -0.2) is 28.8 Å². The van der Waals surface area contributed by atoms with Crippen molar-refractivity contribution in [3.63, 3.8) is 0 Å². The zero-order valence-electron chi connectivity index (χ0n) is 10.7. The van der Waals surface area contributed by atoms with Crippen LogP contribution in [0, 0.1) is 0 Å². The lowest BCUT2D eigenvalue weighted by Gasteiger charge is -2.30. The average molecular weight is 250 g/mol. The van der Waals surface area contributed by atoms with E-state index in [0.29, 0.717) is 25.9 Å². The van der Waals surface area contributed by atoms with Gasteiger partial charge >= 0.3 is 0 Å². The highest BCUT2D eigenvalue weighted by molar-refractivity contribution is 5.93. The van der Waals surface area contributed by atoms with Crippen LogP contribution < -0.4 is 5.32 Å². The number of rotatable bonds is 3. The Morgan fingerprint density at radius 1 is 1.50 bits per heavy atom. The first-order valence-electron chi connectivity index (χ1n) is 6.16. The van der Waals surface area contributed by atoms with Crippen molar-refractivity contribution >= 4 is 11.8 Å². The highest BCUT2D eigenvalue weighted by Gasteiger charge is 2.38. The van der Waals surface area contributed by atoms with Crippen LogP contribution in [0.5, 0.6) is 0 Å². The maximum Gasteiger partial charge on any atom is 0.248 e. The summed E-state index contributed by atoms with van der Waals surface area (Å²) in [6.45, 7) is 4.62. The largest absolute Gasteiger partial charge is 0.472 e. The molecule has 2 rings (SSSR count). The van der Waals surface area contributed by atoms with Gasteiger partial charge in [-0.15, -0.1) is 0 Å². The zero-order valence-corrected chi connectivity index (χ0v) is 10.7. The van der Waals surface area contributed by atoms with Gasteiger partial charge in [-0.2, -0.15) is 0 Å². The summed E-state index contributed by atoms with van der Waals surface area (Å²) in [5.74, 6) is -0.0977. The van der Waals surface area contributed by atoms with Crippen molar-refractivity contribution in [2.45, 2.75) is 38.8 Å². The molecule has 1 saturated heterocycles. The molecule has 5 nitrogen and oxygen atoms in total. The molecule has 1 unspecified atom stereocenters. The van der Waals surface area contributed by atoms with Crippen LogP contribution in [0.4, 0.5) is 0 Å². The monoisotopic (exact) mass is 250 g/mol. The number of nitrogens with zero attached hydrogens (tertiary/aromatic N) is 1. The maximum atomic E-state index is 12.5. The predicted octanol–water partition coefficient (Wildman–Crippen LogP) is 1.30. The van der Waals surface area contributed by atoms with Crippen LogP contribution in [0.1, 0.15) is 32.3 Å². The van der Waals surface area contributed by atoms with E-state index in [4.69, 9.17) is 4.42 Å². The van der Waals surface area contributed by atoms with Gasteiger partial charge < -0.3 is 14.6 Å². The lowest BCUT2D eigenvalue weighted by molar-refractivity contribution is -0.138. The first-order chi connectivity index (χ1) is 8.55. The smallest absolute Gasteiger partial charge is 0.248 e. The fourth-order valence-electron chi connectivity index (χ4n) is 2.10. The van der Waals surface area contributed by atoms with E-state index < -0.39 is 5.54 Å². The zero-order chi connectivity index (χ0) is 13.2. The minimum absolute atomic E-state index is 0.0305. The quantitative estimate of drug-likeness (QED) is 0.879.